The lowest BCUT2D eigenvalue weighted by molar-refractivity contribution is -0.0509. The Bertz CT molecular complexity index is 541. The first-order valence-electron chi connectivity index (χ1n) is 3.96. The van der Waals surface area contributed by atoms with E-state index in [1.165, 1.54) is 18.2 Å². The van der Waals surface area contributed by atoms with Crippen LogP contribution in [0.3, 0.4) is 0 Å². The first-order valence-corrected chi connectivity index (χ1v) is 6.16. The molecule has 0 aliphatic rings. The maximum atomic E-state index is 12.0. The molecule has 0 aliphatic carbocycles. The maximum absolute atomic E-state index is 12.0. The zero-order valence-electron chi connectivity index (χ0n) is 8.03. The molecule has 0 atom stereocenters. The van der Waals surface area contributed by atoms with E-state index in [-0.39, 0.29) is 5.69 Å². The highest BCUT2D eigenvalue weighted by molar-refractivity contribution is 9.10. The van der Waals surface area contributed by atoms with Crippen molar-refractivity contribution in [1.82, 2.24) is 4.98 Å². The van der Waals surface area contributed by atoms with Crippen LogP contribution in [0.2, 0.25) is 0 Å². The topological polar surface area (TPSA) is 56.3 Å². The van der Waals surface area contributed by atoms with Crippen molar-refractivity contribution in [2.24, 2.45) is 0 Å². The van der Waals surface area contributed by atoms with Crippen LogP contribution in [-0.2, 0) is 14.3 Å². The Morgan fingerprint density at radius 2 is 2.00 bits per heavy atom. The van der Waals surface area contributed by atoms with Crippen LogP contribution >= 0.6 is 15.9 Å². The van der Waals surface area contributed by atoms with Gasteiger partial charge in [-0.05, 0) is 28.1 Å². The van der Waals surface area contributed by atoms with E-state index in [4.69, 9.17) is 0 Å². The number of halogens is 4. The molecule has 1 rings (SSSR count). The fourth-order valence-corrected chi connectivity index (χ4v) is 1.57. The monoisotopic (exact) mass is 331 g/mol. The molecule has 0 saturated carbocycles. The SMILES string of the molecule is C=C(OS(=O)(=O)C(F)(F)F)c1cccc(Br)n1. The van der Waals surface area contributed by atoms with Crippen molar-refractivity contribution in [3.8, 4) is 0 Å². The number of nitrogens with zero attached hydrogens (tertiary/aromatic N) is 1. The van der Waals surface area contributed by atoms with Gasteiger partial charge in [-0.3, -0.25) is 0 Å². The quantitative estimate of drug-likeness (QED) is 0.370. The first-order chi connectivity index (χ1) is 7.63. The van der Waals surface area contributed by atoms with Crippen LogP contribution in [0.25, 0.3) is 5.76 Å². The standard InChI is InChI=1S/C8H5BrF3NO3S/c1-5(6-3-2-4-7(9)13-6)16-17(14,15)8(10,11)12/h2-4H,1H2. The second-order valence-corrected chi connectivity index (χ2v) is 5.10. The van der Waals surface area contributed by atoms with Gasteiger partial charge in [-0.15, -0.1) is 0 Å². The van der Waals surface area contributed by atoms with Gasteiger partial charge in [0.1, 0.15) is 10.3 Å². The molecule has 0 radical (unpaired) electrons. The third-order valence-corrected chi connectivity index (χ3v) is 2.92. The molecule has 0 aliphatic heterocycles. The summed E-state index contributed by atoms with van der Waals surface area (Å²) in [6.07, 6.45) is 0. The van der Waals surface area contributed by atoms with Gasteiger partial charge in [0.15, 0.2) is 5.76 Å². The van der Waals surface area contributed by atoms with Crippen LogP contribution in [0.15, 0.2) is 29.4 Å². The highest BCUT2D eigenvalue weighted by Crippen LogP contribution is 2.28. The van der Waals surface area contributed by atoms with Gasteiger partial charge in [-0.1, -0.05) is 12.6 Å². The number of rotatable bonds is 3. The molecule has 1 aromatic heterocycles. The van der Waals surface area contributed by atoms with E-state index < -0.39 is 21.4 Å². The molecule has 4 nitrogen and oxygen atoms in total. The highest BCUT2D eigenvalue weighted by Gasteiger charge is 2.48. The predicted octanol–water partition coefficient (Wildman–Crippen LogP) is 2.68. The molecular weight excluding hydrogens is 327 g/mol. The summed E-state index contributed by atoms with van der Waals surface area (Å²) in [6.45, 7) is 3.08. The minimum Gasteiger partial charge on any atom is -0.374 e. The molecule has 9 heteroatoms. The van der Waals surface area contributed by atoms with Gasteiger partial charge < -0.3 is 4.18 Å². The van der Waals surface area contributed by atoms with Crippen LogP contribution < -0.4 is 0 Å². The molecule has 0 aromatic carbocycles. The molecule has 1 aromatic rings. The molecule has 0 fully saturated rings. The Balaban J connectivity index is 2.96. The number of hydrogen-bond donors (Lipinski definition) is 0. The molecule has 94 valence electrons. The van der Waals surface area contributed by atoms with Gasteiger partial charge in [0.2, 0.25) is 0 Å². The molecule has 17 heavy (non-hydrogen) atoms. The largest absolute Gasteiger partial charge is 0.534 e. The Morgan fingerprint density at radius 3 is 2.47 bits per heavy atom. The number of pyridine rings is 1. The van der Waals surface area contributed by atoms with E-state index in [1.807, 2.05) is 0 Å². The van der Waals surface area contributed by atoms with Crippen molar-refractivity contribution >= 4 is 31.8 Å². The van der Waals surface area contributed by atoms with Gasteiger partial charge in [0.05, 0.1) is 0 Å². The van der Waals surface area contributed by atoms with E-state index >= 15 is 0 Å². The first kappa shape index (κ1) is 14.0. The molecule has 0 amide bonds. The summed E-state index contributed by atoms with van der Waals surface area (Å²) in [5.74, 6) is -0.705. The third kappa shape index (κ3) is 3.43. The third-order valence-electron chi connectivity index (χ3n) is 1.49. The molecule has 0 unspecified atom stereocenters. The van der Waals surface area contributed by atoms with Crippen LogP contribution in [0.4, 0.5) is 13.2 Å². The number of hydrogen-bond acceptors (Lipinski definition) is 4. The summed E-state index contributed by atoms with van der Waals surface area (Å²) < 4.78 is 61.5. The fourth-order valence-electron chi connectivity index (χ4n) is 0.786. The zero-order valence-corrected chi connectivity index (χ0v) is 10.4. The minimum atomic E-state index is -5.71. The van der Waals surface area contributed by atoms with E-state index in [0.29, 0.717) is 4.60 Å². The fraction of sp³-hybridized carbons (Fsp3) is 0.125. The average molecular weight is 332 g/mol. The average Bonchev–Trinajstić information content (AvgIpc) is 2.15. The van der Waals surface area contributed by atoms with Gasteiger partial charge in [0, 0.05) is 0 Å². The predicted molar refractivity (Wildman–Crippen MR) is 57.0 cm³/mol. The Labute approximate surface area is 103 Å². The van der Waals surface area contributed by atoms with Gasteiger partial charge >= 0.3 is 15.6 Å². The van der Waals surface area contributed by atoms with Gasteiger partial charge in [-0.2, -0.15) is 21.6 Å². The zero-order chi connectivity index (χ0) is 13.3. The van der Waals surface area contributed by atoms with E-state index in [2.05, 4.69) is 31.7 Å². The van der Waals surface area contributed by atoms with Crippen LogP contribution in [0, 0.1) is 0 Å². The molecule has 0 saturated heterocycles. The van der Waals surface area contributed by atoms with Crippen LogP contribution in [0.5, 0.6) is 0 Å². The Morgan fingerprint density at radius 1 is 1.41 bits per heavy atom. The van der Waals surface area contributed by atoms with E-state index in [0.717, 1.165) is 0 Å². The van der Waals surface area contributed by atoms with Gasteiger partial charge in [-0.25, -0.2) is 4.98 Å². The summed E-state index contributed by atoms with van der Waals surface area (Å²) in [7, 11) is -5.71. The van der Waals surface area contributed by atoms with Crippen molar-refractivity contribution in [3.63, 3.8) is 0 Å². The van der Waals surface area contributed by atoms with Crippen LogP contribution in [-0.4, -0.2) is 18.9 Å². The number of aromatic nitrogens is 1. The van der Waals surface area contributed by atoms with Crippen molar-refractivity contribution in [2.45, 2.75) is 5.51 Å². The molecule has 1 heterocycles. The van der Waals surface area contributed by atoms with Crippen molar-refractivity contribution in [2.75, 3.05) is 0 Å². The highest BCUT2D eigenvalue weighted by atomic mass is 79.9. The molecule has 0 N–H and O–H groups in total. The van der Waals surface area contributed by atoms with Crippen molar-refractivity contribution < 1.29 is 25.8 Å². The normalized spacial score (nSPS) is 12.2. The summed E-state index contributed by atoms with van der Waals surface area (Å²) in [5.41, 5.74) is -5.62. The summed E-state index contributed by atoms with van der Waals surface area (Å²) >= 11 is 2.97. The smallest absolute Gasteiger partial charge is 0.374 e. The van der Waals surface area contributed by atoms with E-state index in [1.54, 1.807) is 0 Å². The Hall–Kier alpha value is -1.09. The summed E-state index contributed by atoms with van der Waals surface area (Å²) in [4.78, 5) is 3.70. The van der Waals surface area contributed by atoms with Crippen molar-refractivity contribution in [3.05, 3.63) is 35.1 Å². The molecule has 0 bridgehead atoms. The van der Waals surface area contributed by atoms with Crippen LogP contribution in [0.1, 0.15) is 5.69 Å². The lowest BCUT2D eigenvalue weighted by Crippen LogP contribution is -2.25. The molecular formula is C8H5BrF3NO3S. The minimum absolute atomic E-state index is 0.118. The van der Waals surface area contributed by atoms with Crippen molar-refractivity contribution in [1.29, 1.82) is 0 Å². The lowest BCUT2D eigenvalue weighted by Gasteiger charge is -2.10. The summed E-state index contributed by atoms with van der Waals surface area (Å²) in [5, 5.41) is 0. The molecule has 0 spiro atoms. The summed E-state index contributed by atoms with van der Waals surface area (Å²) in [6, 6.07) is 4.22. The second kappa shape index (κ2) is 4.65. The number of alkyl halides is 3. The Kier molecular flexibility index (Phi) is 3.82. The lowest BCUT2D eigenvalue weighted by atomic mass is 10.3. The van der Waals surface area contributed by atoms with E-state index in [9.17, 15) is 21.6 Å². The van der Waals surface area contributed by atoms with Gasteiger partial charge in [0.25, 0.3) is 0 Å². The maximum Gasteiger partial charge on any atom is 0.534 e. The second-order valence-electron chi connectivity index (χ2n) is 2.75.